The Morgan fingerprint density at radius 1 is 1.10 bits per heavy atom. The molecule has 0 radical (unpaired) electrons. The lowest BCUT2D eigenvalue weighted by Gasteiger charge is -2.39. The fourth-order valence-electron chi connectivity index (χ4n) is 4.46. The lowest BCUT2D eigenvalue weighted by molar-refractivity contribution is -0.906. The van der Waals surface area contributed by atoms with Gasteiger partial charge in [0.2, 0.25) is 5.78 Å². The van der Waals surface area contributed by atoms with Crippen LogP contribution in [0.4, 0.5) is 5.69 Å². The summed E-state index contributed by atoms with van der Waals surface area (Å²) in [6, 6.07) is 6.71. The predicted molar refractivity (Wildman–Crippen MR) is 111 cm³/mol. The molecule has 1 heterocycles. The van der Waals surface area contributed by atoms with Crippen molar-refractivity contribution in [1.29, 1.82) is 0 Å². The van der Waals surface area contributed by atoms with E-state index in [0.29, 0.717) is 34.8 Å². The number of benzene rings is 1. The number of likely N-dealkylation sites (N-methyl/N-ethyl adjacent to an activating group) is 1. The number of ketones is 1. The molecule has 0 atom stereocenters. The van der Waals surface area contributed by atoms with Crippen molar-refractivity contribution in [3.8, 4) is 0 Å². The second-order valence-corrected chi connectivity index (χ2v) is 8.79. The molecule has 1 saturated carbocycles. The highest BCUT2D eigenvalue weighted by Gasteiger charge is 2.36. The number of carbonyl (C=O) groups excluding carboxylic acids is 2. The number of nitrogens with zero attached hydrogens (tertiary/aromatic N) is 4. The predicted octanol–water partition coefficient (Wildman–Crippen LogP) is 1.80. The number of Topliss-reactive ketones (excluding diaryl/α,β-unsaturated/α-hetero) is 1. The molecular formula is C22H31BrN4O3. The zero-order valence-corrected chi connectivity index (χ0v) is 19.2. The van der Waals surface area contributed by atoms with Gasteiger partial charge in [0.15, 0.2) is 0 Å². The molecule has 3 rings (SSSR count). The first-order chi connectivity index (χ1) is 14.0. The number of hydrogen-bond donors (Lipinski definition) is 0. The highest BCUT2D eigenvalue weighted by atomic mass is 79.9. The molecule has 0 amide bonds. The van der Waals surface area contributed by atoms with Gasteiger partial charge >= 0.3 is 5.97 Å². The fourth-order valence-corrected chi connectivity index (χ4v) is 4.46. The lowest BCUT2D eigenvalue weighted by atomic mass is 9.90. The number of hydrogen-bond acceptors (Lipinski definition) is 4. The van der Waals surface area contributed by atoms with Gasteiger partial charge in [-0.15, -0.1) is 0 Å². The Morgan fingerprint density at radius 2 is 1.73 bits per heavy atom. The minimum Gasteiger partial charge on any atom is -1.00 e. The molecule has 1 aliphatic carbocycles. The van der Waals surface area contributed by atoms with E-state index in [1.165, 1.54) is 32.1 Å². The maximum atomic E-state index is 12.7. The first kappa shape index (κ1) is 24.4. The number of piperidine rings is 1. The van der Waals surface area contributed by atoms with Crippen LogP contribution < -0.4 is 17.0 Å². The number of esters is 1. The van der Waals surface area contributed by atoms with Crippen LogP contribution in [-0.2, 0) is 9.53 Å². The van der Waals surface area contributed by atoms with Crippen molar-refractivity contribution in [2.75, 3.05) is 33.3 Å². The van der Waals surface area contributed by atoms with Crippen molar-refractivity contribution in [1.82, 2.24) is 0 Å². The van der Waals surface area contributed by atoms with Gasteiger partial charge in [-0.25, -0.2) is 0 Å². The Balaban J connectivity index is 0.00000320. The Labute approximate surface area is 188 Å². The van der Waals surface area contributed by atoms with Crippen molar-refractivity contribution in [2.45, 2.75) is 44.9 Å². The van der Waals surface area contributed by atoms with Gasteiger partial charge in [0.1, 0.15) is 6.54 Å². The molecule has 7 nitrogen and oxygen atoms in total. The third kappa shape index (κ3) is 6.83. The van der Waals surface area contributed by atoms with E-state index in [1.807, 2.05) is 0 Å². The number of halogens is 1. The molecule has 8 heteroatoms. The van der Waals surface area contributed by atoms with Gasteiger partial charge in [0.05, 0.1) is 32.7 Å². The summed E-state index contributed by atoms with van der Waals surface area (Å²) in [5.41, 5.74) is 9.58. The Kier molecular flexibility index (Phi) is 9.34. The van der Waals surface area contributed by atoms with Crippen LogP contribution in [0.3, 0.4) is 0 Å². The summed E-state index contributed by atoms with van der Waals surface area (Å²) in [6.45, 7) is 2.58. The van der Waals surface area contributed by atoms with Crippen molar-refractivity contribution in [3.05, 3.63) is 40.3 Å². The molecule has 0 bridgehead atoms. The molecule has 164 valence electrons. The van der Waals surface area contributed by atoms with E-state index in [0.717, 1.165) is 25.9 Å². The van der Waals surface area contributed by atoms with Crippen molar-refractivity contribution in [2.24, 2.45) is 17.0 Å². The summed E-state index contributed by atoms with van der Waals surface area (Å²) < 4.78 is 6.27. The van der Waals surface area contributed by atoms with E-state index in [-0.39, 0.29) is 34.7 Å². The van der Waals surface area contributed by atoms with E-state index in [1.54, 1.807) is 24.3 Å². The Bertz CT molecular complexity index is 763. The SMILES string of the molecule is C[N+]1(CC(=O)c2ccc(N=[N+]=[N-])cc2)CCC(C(=O)OCC2CCCCC2)CC1.[Br-]. The van der Waals surface area contributed by atoms with E-state index in [9.17, 15) is 9.59 Å². The van der Waals surface area contributed by atoms with Crippen LogP contribution in [0, 0.1) is 11.8 Å². The molecule has 0 unspecified atom stereocenters. The Morgan fingerprint density at radius 3 is 2.33 bits per heavy atom. The van der Waals surface area contributed by atoms with Crippen LogP contribution >= 0.6 is 0 Å². The maximum Gasteiger partial charge on any atom is 0.309 e. The molecule has 2 fully saturated rings. The number of rotatable bonds is 7. The van der Waals surface area contributed by atoms with Crippen molar-refractivity contribution < 1.29 is 35.8 Å². The van der Waals surface area contributed by atoms with Crippen LogP contribution in [0.2, 0.25) is 0 Å². The molecule has 1 aliphatic heterocycles. The van der Waals surface area contributed by atoms with Crippen LogP contribution in [-0.4, -0.2) is 49.5 Å². The molecule has 2 aliphatic rings. The molecule has 1 aromatic rings. The standard InChI is InChI=1S/C22H31N4O3.BrH/c1-26(15-21(27)18-7-9-20(10-8-18)24-25-23)13-11-19(12-14-26)22(28)29-16-17-5-3-2-4-6-17;/h7-10,17,19H,2-6,11-16H2,1H3;1H/q+1;/p-1. The van der Waals surface area contributed by atoms with Gasteiger partial charge in [-0.1, -0.05) is 48.6 Å². The third-order valence-corrected chi connectivity index (χ3v) is 6.43. The van der Waals surface area contributed by atoms with Crippen LogP contribution in [0.1, 0.15) is 55.3 Å². The van der Waals surface area contributed by atoms with Crippen LogP contribution in [0.25, 0.3) is 10.4 Å². The van der Waals surface area contributed by atoms with E-state index < -0.39 is 0 Å². The highest BCUT2D eigenvalue weighted by molar-refractivity contribution is 5.97. The summed E-state index contributed by atoms with van der Waals surface area (Å²) in [5, 5.41) is 3.53. The average Bonchev–Trinajstić information content (AvgIpc) is 2.74. The smallest absolute Gasteiger partial charge is 0.309 e. The van der Waals surface area contributed by atoms with Gasteiger partial charge in [-0.05, 0) is 24.3 Å². The summed E-state index contributed by atoms with van der Waals surface area (Å²) in [7, 11) is 2.08. The second-order valence-electron chi connectivity index (χ2n) is 8.79. The zero-order chi connectivity index (χ0) is 20.7. The molecule has 1 saturated heterocycles. The average molecular weight is 479 g/mol. The maximum absolute atomic E-state index is 12.7. The Hall–Kier alpha value is -1.89. The number of quaternary nitrogens is 1. The summed E-state index contributed by atoms with van der Waals surface area (Å²) in [4.78, 5) is 27.9. The number of likely N-dealkylation sites (tertiary alicyclic amines) is 1. The topological polar surface area (TPSA) is 92.1 Å². The largest absolute Gasteiger partial charge is 1.00 e. The van der Waals surface area contributed by atoms with Gasteiger partial charge in [-0.3, -0.25) is 9.59 Å². The molecule has 0 spiro atoms. The molecule has 0 aromatic heterocycles. The normalized spacial score (nSPS) is 24.2. The molecule has 1 aromatic carbocycles. The van der Waals surface area contributed by atoms with E-state index >= 15 is 0 Å². The number of azide groups is 1. The van der Waals surface area contributed by atoms with Gasteiger partial charge < -0.3 is 26.2 Å². The summed E-state index contributed by atoms with van der Waals surface area (Å²) in [6.07, 6.45) is 7.71. The van der Waals surface area contributed by atoms with Gasteiger partial charge in [0, 0.05) is 29.0 Å². The van der Waals surface area contributed by atoms with Crippen LogP contribution in [0.5, 0.6) is 0 Å². The molecule has 30 heavy (non-hydrogen) atoms. The third-order valence-electron chi connectivity index (χ3n) is 6.43. The monoisotopic (exact) mass is 478 g/mol. The van der Waals surface area contributed by atoms with Crippen molar-refractivity contribution in [3.63, 3.8) is 0 Å². The zero-order valence-electron chi connectivity index (χ0n) is 17.6. The first-order valence-corrected chi connectivity index (χ1v) is 10.7. The highest BCUT2D eigenvalue weighted by Crippen LogP contribution is 2.27. The molecule has 0 N–H and O–H groups in total. The summed E-state index contributed by atoms with van der Waals surface area (Å²) in [5.74, 6) is 0.517. The lowest BCUT2D eigenvalue weighted by Crippen LogP contribution is -3.00. The van der Waals surface area contributed by atoms with Crippen LogP contribution in [0.15, 0.2) is 29.4 Å². The van der Waals surface area contributed by atoms with Gasteiger partial charge in [-0.2, -0.15) is 0 Å². The fraction of sp³-hybridized carbons (Fsp3) is 0.636. The minimum atomic E-state index is -0.0539. The van der Waals surface area contributed by atoms with E-state index in [2.05, 4.69) is 17.1 Å². The molecular weight excluding hydrogens is 448 g/mol. The number of carbonyl (C=O) groups is 2. The van der Waals surface area contributed by atoms with Crippen molar-refractivity contribution >= 4 is 17.4 Å². The summed E-state index contributed by atoms with van der Waals surface area (Å²) >= 11 is 0. The van der Waals surface area contributed by atoms with Gasteiger partial charge in [0.25, 0.3) is 0 Å². The number of ether oxygens (including phenoxy) is 1. The first-order valence-electron chi connectivity index (χ1n) is 10.7. The second kappa shape index (κ2) is 11.5. The van der Waals surface area contributed by atoms with E-state index in [4.69, 9.17) is 10.3 Å². The minimum absolute atomic E-state index is 0. The quantitative estimate of drug-likeness (QED) is 0.149.